The summed E-state index contributed by atoms with van der Waals surface area (Å²) in [5, 5.41) is 13.5. The van der Waals surface area contributed by atoms with Crippen molar-refractivity contribution in [1.82, 2.24) is 15.5 Å². The Hall–Kier alpha value is -3.44. The lowest BCUT2D eigenvalue weighted by Crippen LogP contribution is -2.31. The van der Waals surface area contributed by atoms with Crippen molar-refractivity contribution in [2.45, 2.75) is 25.6 Å². The summed E-state index contributed by atoms with van der Waals surface area (Å²) < 4.78 is 37.4. The van der Waals surface area contributed by atoms with Gasteiger partial charge < -0.3 is 20.1 Å². The Morgan fingerprint density at radius 2 is 1.91 bits per heavy atom. The minimum absolute atomic E-state index is 0.0524. The van der Waals surface area contributed by atoms with Crippen molar-refractivity contribution in [1.29, 1.82) is 0 Å². The Balaban J connectivity index is 1.26. The third-order valence-electron chi connectivity index (χ3n) is 4.83. The smallest absolute Gasteiger partial charge is 0.286 e. The molecular formula is C22H20F2N4O4S. The summed E-state index contributed by atoms with van der Waals surface area (Å²) in [4.78, 5) is 24.5. The van der Waals surface area contributed by atoms with Gasteiger partial charge in [-0.15, -0.1) is 10.2 Å². The van der Waals surface area contributed by atoms with Crippen LogP contribution in [0.25, 0.3) is 0 Å². The van der Waals surface area contributed by atoms with Gasteiger partial charge in [-0.05, 0) is 49.2 Å². The van der Waals surface area contributed by atoms with Gasteiger partial charge in [0.1, 0.15) is 12.4 Å². The van der Waals surface area contributed by atoms with E-state index in [0.717, 1.165) is 42.9 Å². The van der Waals surface area contributed by atoms with Gasteiger partial charge in [0, 0.05) is 30.5 Å². The second-order valence-electron chi connectivity index (χ2n) is 7.24. The van der Waals surface area contributed by atoms with E-state index in [1.165, 1.54) is 6.07 Å². The second-order valence-corrected chi connectivity index (χ2v) is 8.30. The molecule has 1 saturated heterocycles. The van der Waals surface area contributed by atoms with E-state index in [1.54, 1.807) is 24.3 Å². The molecule has 1 aliphatic heterocycles. The first-order chi connectivity index (χ1) is 16.0. The van der Waals surface area contributed by atoms with Gasteiger partial charge in [-0.2, -0.15) is 0 Å². The number of ether oxygens (including phenoxy) is 2. The summed E-state index contributed by atoms with van der Waals surface area (Å²) in [6.07, 6.45) is 2.04. The quantitative estimate of drug-likeness (QED) is 0.518. The molecular weight excluding hydrogens is 454 g/mol. The van der Waals surface area contributed by atoms with Crippen LogP contribution in [0, 0.1) is 11.6 Å². The van der Waals surface area contributed by atoms with Crippen LogP contribution in [-0.2, 0) is 11.3 Å². The van der Waals surface area contributed by atoms with Gasteiger partial charge >= 0.3 is 0 Å². The van der Waals surface area contributed by atoms with Crippen LogP contribution in [0.2, 0.25) is 0 Å². The largest absolute Gasteiger partial charge is 0.486 e. The third kappa shape index (κ3) is 6.08. The zero-order chi connectivity index (χ0) is 23.2. The Bertz CT molecular complexity index is 1130. The molecule has 1 aliphatic rings. The molecule has 3 aromatic rings. The van der Waals surface area contributed by atoms with Gasteiger partial charge in [-0.3, -0.25) is 9.59 Å². The molecule has 4 rings (SSSR count). The molecule has 11 heteroatoms. The minimum Gasteiger partial charge on any atom is -0.486 e. The lowest BCUT2D eigenvalue weighted by molar-refractivity contribution is 0.0857. The van der Waals surface area contributed by atoms with E-state index in [4.69, 9.17) is 9.47 Å². The van der Waals surface area contributed by atoms with Crippen LogP contribution in [-0.4, -0.2) is 41.3 Å². The Labute approximate surface area is 191 Å². The number of nitrogens with one attached hydrogen (secondary N) is 2. The van der Waals surface area contributed by atoms with E-state index in [0.29, 0.717) is 22.9 Å². The molecule has 33 heavy (non-hydrogen) atoms. The molecule has 0 aliphatic carbocycles. The van der Waals surface area contributed by atoms with Crippen molar-refractivity contribution >= 4 is 28.8 Å². The van der Waals surface area contributed by atoms with E-state index >= 15 is 0 Å². The first-order valence-corrected chi connectivity index (χ1v) is 11.0. The zero-order valence-corrected chi connectivity index (χ0v) is 18.2. The minimum atomic E-state index is -1.06. The average Bonchev–Trinajstić information content (AvgIpc) is 3.51. The van der Waals surface area contributed by atoms with Gasteiger partial charge in [0.05, 0.1) is 6.10 Å². The fraction of sp³-hybridized carbons (Fsp3) is 0.273. The normalized spacial score (nSPS) is 15.3. The van der Waals surface area contributed by atoms with Gasteiger partial charge in [-0.1, -0.05) is 11.3 Å². The van der Waals surface area contributed by atoms with Crippen LogP contribution in [0.3, 0.4) is 0 Å². The number of benzene rings is 2. The van der Waals surface area contributed by atoms with Crippen molar-refractivity contribution < 1.29 is 27.8 Å². The average molecular weight is 474 g/mol. The molecule has 0 radical (unpaired) electrons. The fourth-order valence-electron chi connectivity index (χ4n) is 3.12. The number of hydrogen-bond acceptors (Lipinski definition) is 7. The summed E-state index contributed by atoms with van der Waals surface area (Å²) in [5.41, 5.74) is 0.610. The Morgan fingerprint density at radius 1 is 1.09 bits per heavy atom. The molecule has 172 valence electrons. The van der Waals surface area contributed by atoms with Crippen LogP contribution >= 0.6 is 11.3 Å². The molecule has 1 aromatic heterocycles. The number of nitrogens with zero attached hydrogens (tertiary/aromatic N) is 2. The van der Waals surface area contributed by atoms with Crippen molar-refractivity contribution in [2.24, 2.45) is 0 Å². The lowest BCUT2D eigenvalue weighted by atomic mass is 10.2. The Kier molecular flexibility index (Phi) is 7.20. The summed E-state index contributed by atoms with van der Waals surface area (Å²) in [6.45, 7) is 1.29. The standard InChI is InChI=1S/C22H20F2N4O4S/c23-17-8-5-14(10-18(17)24)26-21(30)22-28-27-19(33-22)12-32-15-6-3-13(4-7-15)20(29)25-11-16-2-1-9-31-16/h3-8,10,16H,1-2,9,11-12H2,(H,25,29)(H,26,30)/t16-/m1/s1. The van der Waals surface area contributed by atoms with Crippen LogP contribution < -0.4 is 15.4 Å². The fourth-order valence-corrected chi connectivity index (χ4v) is 3.77. The summed E-state index contributed by atoms with van der Waals surface area (Å²) in [6, 6.07) is 9.68. The number of carbonyl (C=O) groups excluding carboxylic acids is 2. The number of amides is 2. The summed E-state index contributed by atoms with van der Waals surface area (Å²) >= 11 is 1.01. The number of hydrogen-bond donors (Lipinski definition) is 2. The summed E-state index contributed by atoms with van der Waals surface area (Å²) in [7, 11) is 0. The SMILES string of the molecule is O=C(NC[C@H]1CCCO1)c1ccc(OCc2nnc(C(=O)Nc3ccc(F)c(F)c3)s2)cc1. The van der Waals surface area contributed by atoms with E-state index in [-0.39, 0.29) is 29.3 Å². The highest BCUT2D eigenvalue weighted by atomic mass is 32.1. The number of rotatable bonds is 8. The Morgan fingerprint density at radius 3 is 2.64 bits per heavy atom. The van der Waals surface area contributed by atoms with Crippen LogP contribution in [0.4, 0.5) is 14.5 Å². The van der Waals surface area contributed by atoms with Gasteiger partial charge in [-0.25, -0.2) is 8.78 Å². The van der Waals surface area contributed by atoms with E-state index in [2.05, 4.69) is 20.8 Å². The van der Waals surface area contributed by atoms with Gasteiger partial charge in [0.25, 0.3) is 11.8 Å². The first kappa shape index (κ1) is 22.7. The maximum Gasteiger partial charge on any atom is 0.286 e. The van der Waals surface area contributed by atoms with E-state index in [1.807, 2.05) is 0 Å². The molecule has 1 fully saturated rings. The molecule has 0 unspecified atom stereocenters. The molecule has 0 saturated carbocycles. The predicted molar refractivity (Wildman–Crippen MR) is 116 cm³/mol. The molecule has 2 heterocycles. The van der Waals surface area contributed by atoms with Crippen molar-refractivity contribution in [2.75, 3.05) is 18.5 Å². The highest BCUT2D eigenvalue weighted by Gasteiger charge is 2.17. The molecule has 8 nitrogen and oxygen atoms in total. The number of anilines is 1. The monoisotopic (exact) mass is 474 g/mol. The van der Waals surface area contributed by atoms with Crippen LogP contribution in [0.1, 0.15) is 38.0 Å². The number of aromatic nitrogens is 2. The molecule has 2 aromatic carbocycles. The van der Waals surface area contributed by atoms with Crippen molar-refractivity contribution in [3.8, 4) is 5.75 Å². The van der Waals surface area contributed by atoms with Gasteiger partial charge in [0.15, 0.2) is 16.6 Å². The van der Waals surface area contributed by atoms with Crippen molar-refractivity contribution in [3.05, 3.63) is 69.7 Å². The highest BCUT2D eigenvalue weighted by molar-refractivity contribution is 7.13. The maximum absolute atomic E-state index is 13.3. The maximum atomic E-state index is 13.3. The van der Waals surface area contributed by atoms with E-state index < -0.39 is 17.5 Å². The molecule has 1 atom stereocenters. The van der Waals surface area contributed by atoms with Crippen molar-refractivity contribution in [3.63, 3.8) is 0 Å². The highest BCUT2D eigenvalue weighted by Crippen LogP contribution is 2.19. The van der Waals surface area contributed by atoms with Crippen LogP contribution in [0.15, 0.2) is 42.5 Å². The lowest BCUT2D eigenvalue weighted by Gasteiger charge is -2.11. The first-order valence-electron chi connectivity index (χ1n) is 10.2. The molecule has 2 amide bonds. The zero-order valence-electron chi connectivity index (χ0n) is 17.3. The molecule has 0 spiro atoms. The number of halogens is 2. The second kappa shape index (κ2) is 10.5. The predicted octanol–water partition coefficient (Wildman–Crippen LogP) is 3.56. The molecule has 0 bridgehead atoms. The molecule has 2 N–H and O–H groups in total. The van der Waals surface area contributed by atoms with Gasteiger partial charge in [0.2, 0.25) is 5.01 Å². The topological polar surface area (TPSA) is 102 Å². The van der Waals surface area contributed by atoms with E-state index in [9.17, 15) is 18.4 Å². The van der Waals surface area contributed by atoms with Crippen LogP contribution in [0.5, 0.6) is 5.75 Å². The summed E-state index contributed by atoms with van der Waals surface area (Å²) in [5.74, 6) is -2.32. The number of carbonyl (C=O) groups is 2. The third-order valence-corrected chi connectivity index (χ3v) is 5.73.